The third kappa shape index (κ3) is 4.92. The van der Waals surface area contributed by atoms with Crippen LogP contribution in [0.3, 0.4) is 0 Å². The van der Waals surface area contributed by atoms with Gasteiger partial charge in [0.05, 0.1) is 17.0 Å². The van der Waals surface area contributed by atoms with E-state index in [4.69, 9.17) is 0 Å². The van der Waals surface area contributed by atoms with Crippen LogP contribution >= 0.6 is 0 Å². The van der Waals surface area contributed by atoms with Gasteiger partial charge in [0.25, 0.3) is 0 Å². The predicted octanol–water partition coefficient (Wildman–Crippen LogP) is 3.65. The molecular formula is C17H15F3N2O3S. The van der Waals surface area contributed by atoms with Crippen LogP contribution in [0.2, 0.25) is 0 Å². The van der Waals surface area contributed by atoms with Crippen molar-refractivity contribution in [3.63, 3.8) is 0 Å². The summed E-state index contributed by atoms with van der Waals surface area (Å²) >= 11 is 0. The van der Waals surface area contributed by atoms with Crippen molar-refractivity contribution in [2.75, 3.05) is 10.5 Å². The van der Waals surface area contributed by atoms with E-state index >= 15 is 0 Å². The number of anilines is 1. The highest BCUT2D eigenvalue weighted by molar-refractivity contribution is 7.92. The van der Waals surface area contributed by atoms with Gasteiger partial charge in [-0.1, -0.05) is 12.2 Å². The van der Waals surface area contributed by atoms with Crippen molar-refractivity contribution in [1.82, 2.24) is 4.98 Å². The van der Waals surface area contributed by atoms with Crippen LogP contribution in [0.25, 0.3) is 0 Å². The van der Waals surface area contributed by atoms with Crippen molar-refractivity contribution in [3.8, 4) is 0 Å². The average Bonchev–Trinajstić information content (AvgIpc) is 2.59. The average molecular weight is 384 g/mol. The van der Waals surface area contributed by atoms with Crippen LogP contribution in [0.15, 0.2) is 54.9 Å². The summed E-state index contributed by atoms with van der Waals surface area (Å²) in [5.41, 5.74) is -1.57. The first-order chi connectivity index (χ1) is 12.1. The number of rotatable bonds is 6. The van der Waals surface area contributed by atoms with E-state index < -0.39 is 33.1 Å². The van der Waals surface area contributed by atoms with Gasteiger partial charge < -0.3 is 0 Å². The molecule has 0 amide bonds. The first-order valence-electron chi connectivity index (χ1n) is 7.41. The van der Waals surface area contributed by atoms with E-state index in [0.717, 1.165) is 12.1 Å². The molecule has 1 aromatic heterocycles. The number of hydrogen-bond acceptors (Lipinski definition) is 4. The zero-order chi connectivity index (χ0) is 19.4. The van der Waals surface area contributed by atoms with E-state index in [9.17, 15) is 26.4 Å². The molecule has 1 aromatic carbocycles. The quantitative estimate of drug-likeness (QED) is 0.609. The number of pyridine rings is 1. The summed E-state index contributed by atoms with van der Waals surface area (Å²) < 4.78 is 65.3. The number of halogens is 3. The van der Waals surface area contributed by atoms with Crippen molar-refractivity contribution in [2.45, 2.75) is 13.1 Å². The Kier molecular flexibility index (Phi) is 5.81. The summed E-state index contributed by atoms with van der Waals surface area (Å²) in [5.74, 6) is -1.12. The Morgan fingerprint density at radius 3 is 2.42 bits per heavy atom. The molecule has 2 aromatic rings. The number of benzene rings is 1. The highest BCUT2D eigenvalue weighted by atomic mass is 32.2. The van der Waals surface area contributed by atoms with Gasteiger partial charge in [0.2, 0.25) is 10.0 Å². The number of nitrogens with one attached hydrogen (secondary N) is 1. The van der Waals surface area contributed by atoms with Crippen LogP contribution < -0.4 is 4.72 Å². The minimum absolute atomic E-state index is 0.0910. The van der Waals surface area contributed by atoms with Crippen molar-refractivity contribution in [1.29, 1.82) is 0 Å². The van der Waals surface area contributed by atoms with Gasteiger partial charge in [0.1, 0.15) is 0 Å². The molecule has 2 rings (SSSR count). The molecule has 0 bridgehead atoms. The van der Waals surface area contributed by atoms with Crippen molar-refractivity contribution >= 4 is 21.5 Å². The lowest BCUT2D eigenvalue weighted by atomic mass is 10.00. The van der Waals surface area contributed by atoms with Gasteiger partial charge in [0.15, 0.2) is 5.78 Å². The van der Waals surface area contributed by atoms with E-state index in [1.165, 1.54) is 36.7 Å². The summed E-state index contributed by atoms with van der Waals surface area (Å²) in [7, 11) is -3.87. The van der Waals surface area contributed by atoms with Crippen LogP contribution in [0, 0.1) is 0 Å². The summed E-state index contributed by atoms with van der Waals surface area (Å²) in [6, 6.07) is 4.96. The lowest BCUT2D eigenvalue weighted by molar-refractivity contribution is -0.137. The number of ketones is 1. The zero-order valence-corrected chi connectivity index (χ0v) is 14.4. The second kappa shape index (κ2) is 7.69. The summed E-state index contributed by atoms with van der Waals surface area (Å²) in [4.78, 5) is 16.3. The van der Waals surface area contributed by atoms with Crippen molar-refractivity contribution < 1.29 is 26.4 Å². The SMILES string of the molecule is C/C=C\CS(=O)(=O)Nc1ccc(C(F)(F)F)cc1C(=O)c1ccncc1. The molecule has 1 heterocycles. The molecular weight excluding hydrogens is 369 g/mol. The molecule has 0 unspecified atom stereocenters. The Morgan fingerprint density at radius 1 is 1.19 bits per heavy atom. The number of aromatic nitrogens is 1. The molecule has 0 aliphatic rings. The third-order valence-electron chi connectivity index (χ3n) is 3.35. The summed E-state index contributed by atoms with van der Waals surface area (Å²) in [6.07, 6.45) is 0.856. The van der Waals surface area contributed by atoms with Gasteiger partial charge in [-0.3, -0.25) is 14.5 Å². The first kappa shape index (κ1) is 19.6. The standard InChI is InChI=1S/C17H15F3N2O3S/c1-2-3-10-26(24,25)22-15-5-4-13(17(18,19)20)11-14(15)16(23)12-6-8-21-9-7-12/h2-9,11,22H,10H2,1H3/b3-2-. The number of nitrogens with zero attached hydrogens (tertiary/aromatic N) is 1. The van der Waals surface area contributed by atoms with E-state index in [0.29, 0.717) is 6.07 Å². The second-order valence-electron chi connectivity index (χ2n) is 5.28. The molecule has 1 N–H and O–H groups in total. The van der Waals surface area contributed by atoms with Crippen LogP contribution in [0.5, 0.6) is 0 Å². The molecule has 26 heavy (non-hydrogen) atoms. The van der Waals surface area contributed by atoms with Crippen LogP contribution in [0.1, 0.15) is 28.4 Å². The molecule has 0 saturated carbocycles. The van der Waals surface area contributed by atoms with Crippen molar-refractivity contribution in [3.05, 3.63) is 71.6 Å². The number of sulfonamides is 1. The molecule has 0 fully saturated rings. The number of hydrogen-bond donors (Lipinski definition) is 1. The zero-order valence-electron chi connectivity index (χ0n) is 13.6. The van der Waals surface area contributed by atoms with Crippen molar-refractivity contribution in [2.24, 2.45) is 0 Å². The van der Waals surface area contributed by atoms with Gasteiger partial charge >= 0.3 is 6.18 Å². The minimum atomic E-state index is -4.67. The minimum Gasteiger partial charge on any atom is -0.289 e. The number of allylic oxidation sites excluding steroid dienone is 1. The molecule has 0 atom stereocenters. The van der Waals surface area contributed by atoms with Gasteiger partial charge in [-0.05, 0) is 37.3 Å². The van der Waals surface area contributed by atoms with Gasteiger partial charge in [-0.25, -0.2) is 8.42 Å². The molecule has 0 spiro atoms. The highest BCUT2D eigenvalue weighted by Gasteiger charge is 2.32. The smallest absolute Gasteiger partial charge is 0.289 e. The topological polar surface area (TPSA) is 76.1 Å². The predicted molar refractivity (Wildman–Crippen MR) is 91.3 cm³/mol. The Morgan fingerprint density at radius 2 is 1.85 bits per heavy atom. The van der Waals surface area contributed by atoms with Crippen LogP contribution in [-0.4, -0.2) is 24.9 Å². The fraction of sp³-hybridized carbons (Fsp3) is 0.176. The third-order valence-corrected chi connectivity index (χ3v) is 4.51. The molecule has 0 saturated heterocycles. The number of alkyl halides is 3. The lowest BCUT2D eigenvalue weighted by Crippen LogP contribution is -2.19. The van der Waals surface area contributed by atoms with Crippen LogP contribution in [0.4, 0.5) is 18.9 Å². The number of carbonyl (C=O) groups excluding carboxylic acids is 1. The molecule has 9 heteroatoms. The van der Waals surface area contributed by atoms with Gasteiger partial charge in [-0.2, -0.15) is 13.2 Å². The molecule has 0 aliphatic heterocycles. The fourth-order valence-electron chi connectivity index (χ4n) is 2.09. The van der Waals surface area contributed by atoms with E-state index in [-0.39, 0.29) is 17.0 Å². The second-order valence-corrected chi connectivity index (χ2v) is 7.04. The molecule has 0 radical (unpaired) electrons. The Hall–Kier alpha value is -2.68. The Balaban J connectivity index is 2.53. The normalized spacial score (nSPS) is 12.3. The van der Waals surface area contributed by atoms with E-state index in [2.05, 4.69) is 9.71 Å². The molecule has 0 aliphatic carbocycles. The Labute approximate surface area is 148 Å². The maximum Gasteiger partial charge on any atom is 0.416 e. The first-order valence-corrected chi connectivity index (χ1v) is 9.07. The lowest BCUT2D eigenvalue weighted by Gasteiger charge is -2.14. The Bertz CT molecular complexity index is 924. The number of carbonyl (C=O) groups is 1. The molecule has 138 valence electrons. The van der Waals surface area contributed by atoms with E-state index in [1.54, 1.807) is 6.92 Å². The summed E-state index contributed by atoms with van der Waals surface area (Å²) in [5, 5.41) is 0. The maximum absolute atomic E-state index is 13.0. The van der Waals surface area contributed by atoms with Gasteiger partial charge in [0, 0.05) is 23.5 Å². The summed E-state index contributed by atoms with van der Waals surface area (Å²) in [6.45, 7) is 1.63. The maximum atomic E-state index is 13.0. The largest absolute Gasteiger partial charge is 0.416 e. The van der Waals surface area contributed by atoms with Gasteiger partial charge in [-0.15, -0.1) is 0 Å². The fourth-order valence-corrected chi connectivity index (χ4v) is 3.13. The molecule has 5 nitrogen and oxygen atoms in total. The van der Waals surface area contributed by atoms with E-state index in [1.807, 2.05) is 0 Å². The monoisotopic (exact) mass is 384 g/mol. The van der Waals surface area contributed by atoms with Crippen LogP contribution in [-0.2, 0) is 16.2 Å². The highest BCUT2D eigenvalue weighted by Crippen LogP contribution is 2.33.